The van der Waals surface area contributed by atoms with E-state index in [-0.39, 0.29) is 5.41 Å². The fourth-order valence-electron chi connectivity index (χ4n) is 3.00. The third-order valence-electron chi connectivity index (χ3n) is 4.50. The highest BCUT2D eigenvalue weighted by molar-refractivity contribution is 7.18. The Balaban J connectivity index is 1.83. The van der Waals surface area contributed by atoms with Crippen molar-refractivity contribution < 1.29 is 0 Å². The Hall–Kier alpha value is -1.10. The Labute approximate surface area is 124 Å². The Kier molecular flexibility index (Phi) is 2.65. The van der Waals surface area contributed by atoms with Gasteiger partial charge in [-0.2, -0.15) is 11.3 Å². The van der Waals surface area contributed by atoms with Crippen molar-refractivity contribution in [2.75, 3.05) is 0 Å². The molecule has 3 nitrogen and oxygen atoms in total. The third-order valence-corrected chi connectivity index (χ3v) is 5.25. The van der Waals surface area contributed by atoms with Gasteiger partial charge in [-0.25, -0.2) is 0 Å². The molecular formula is C15H18BN3S. The van der Waals surface area contributed by atoms with Crippen LogP contribution in [0.15, 0.2) is 11.4 Å². The number of hydrogen-bond acceptors (Lipinski definition) is 3. The zero-order valence-corrected chi connectivity index (χ0v) is 12.8. The van der Waals surface area contributed by atoms with Gasteiger partial charge in [-0.1, -0.05) is 0 Å². The van der Waals surface area contributed by atoms with E-state index >= 15 is 0 Å². The van der Waals surface area contributed by atoms with E-state index in [0.717, 1.165) is 10.6 Å². The highest BCUT2D eigenvalue weighted by Crippen LogP contribution is 2.46. The minimum absolute atomic E-state index is 0.174. The van der Waals surface area contributed by atoms with Crippen molar-refractivity contribution in [1.82, 2.24) is 14.8 Å². The molecule has 102 valence electrons. The first-order chi connectivity index (χ1) is 9.59. The van der Waals surface area contributed by atoms with E-state index in [0.29, 0.717) is 12.0 Å². The first kappa shape index (κ1) is 12.6. The standard InChI is InChI=1S/C15H18BN3S/c1-15(2,11-7-8-20-12(11)16)14-18-17-13(9-3-4-9)19(14)10-5-6-10/h7-10H,3-6H2,1-2H3. The molecule has 0 spiro atoms. The van der Waals surface area contributed by atoms with Gasteiger partial charge >= 0.3 is 0 Å². The van der Waals surface area contributed by atoms with Crippen LogP contribution in [0.4, 0.5) is 0 Å². The molecule has 2 aliphatic carbocycles. The molecular weight excluding hydrogens is 265 g/mol. The van der Waals surface area contributed by atoms with Crippen LogP contribution in [0.2, 0.25) is 0 Å². The number of thiophene rings is 1. The van der Waals surface area contributed by atoms with E-state index in [1.807, 2.05) is 0 Å². The van der Waals surface area contributed by atoms with Gasteiger partial charge in [0.1, 0.15) is 19.5 Å². The van der Waals surface area contributed by atoms with E-state index in [2.05, 4.69) is 40.1 Å². The molecule has 2 fully saturated rings. The molecule has 2 saturated carbocycles. The lowest BCUT2D eigenvalue weighted by atomic mass is 9.80. The predicted octanol–water partition coefficient (Wildman–Crippen LogP) is 2.67. The zero-order valence-electron chi connectivity index (χ0n) is 12.0. The number of hydrogen-bond donors (Lipinski definition) is 0. The SMILES string of the molecule is [B]c1sccc1C(C)(C)c1nnc(C2CC2)n1C1CC1. The molecule has 2 aliphatic rings. The summed E-state index contributed by atoms with van der Waals surface area (Å²) in [4.78, 5) is 0. The molecule has 2 radical (unpaired) electrons. The summed E-state index contributed by atoms with van der Waals surface area (Å²) < 4.78 is 3.32. The van der Waals surface area contributed by atoms with Crippen molar-refractivity contribution in [1.29, 1.82) is 0 Å². The van der Waals surface area contributed by atoms with Crippen molar-refractivity contribution in [3.63, 3.8) is 0 Å². The number of nitrogens with zero attached hydrogens (tertiary/aromatic N) is 3. The van der Waals surface area contributed by atoms with Gasteiger partial charge in [-0.05, 0) is 61.3 Å². The van der Waals surface area contributed by atoms with Gasteiger partial charge in [0.2, 0.25) is 0 Å². The van der Waals surface area contributed by atoms with Crippen LogP contribution >= 0.6 is 11.3 Å². The molecule has 0 amide bonds. The summed E-state index contributed by atoms with van der Waals surface area (Å²) in [5.41, 5.74) is 1.01. The van der Waals surface area contributed by atoms with Gasteiger partial charge in [-0.3, -0.25) is 0 Å². The lowest BCUT2D eigenvalue weighted by molar-refractivity contribution is 0.529. The molecule has 20 heavy (non-hydrogen) atoms. The van der Waals surface area contributed by atoms with Crippen LogP contribution in [0.25, 0.3) is 0 Å². The van der Waals surface area contributed by atoms with Crippen molar-refractivity contribution in [2.24, 2.45) is 0 Å². The van der Waals surface area contributed by atoms with E-state index in [9.17, 15) is 0 Å². The smallest absolute Gasteiger partial charge is 0.143 e. The van der Waals surface area contributed by atoms with Crippen molar-refractivity contribution in [3.05, 3.63) is 28.7 Å². The molecule has 0 aromatic carbocycles. The van der Waals surface area contributed by atoms with E-state index in [1.54, 1.807) is 11.3 Å². The van der Waals surface area contributed by atoms with Crippen molar-refractivity contribution >= 4 is 24.0 Å². The Morgan fingerprint density at radius 1 is 1.25 bits per heavy atom. The van der Waals surface area contributed by atoms with Crippen LogP contribution in [0.3, 0.4) is 0 Å². The summed E-state index contributed by atoms with van der Waals surface area (Å²) in [5.74, 6) is 2.95. The Morgan fingerprint density at radius 2 is 2.00 bits per heavy atom. The van der Waals surface area contributed by atoms with Crippen LogP contribution in [0.5, 0.6) is 0 Å². The lowest BCUT2D eigenvalue weighted by Crippen LogP contribution is -2.29. The second-order valence-corrected chi connectivity index (χ2v) is 7.53. The minimum Gasteiger partial charge on any atom is -0.311 e. The summed E-state index contributed by atoms with van der Waals surface area (Å²) in [6, 6.07) is 2.75. The minimum atomic E-state index is -0.174. The maximum absolute atomic E-state index is 6.15. The molecule has 0 bridgehead atoms. The summed E-state index contributed by atoms with van der Waals surface area (Å²) in [7, 11) is 6.15. The van der Waals surface area contributed by atoms with Gasteiger partial charge in [0, 0.05) is 17.4 Å². The summed E-state index contributed by atoms with van der Waals surface area (Å²) >= 11 is 1.60. The van der Waals surface area contributed by atoms with Crippen molar-refractivity contribution in [2.45, 2.75) is 56.9 Å². The molecule has 2 aromatic rings. The Morgan fingerprint density at radius 3 is 2.55 bits per heavy atom. The molecule has 4 rings (SSSR count). The van der Waals surface area contributed by atoms with Crippen LogP contribution in [0.1, 0.15) is 68.7 Å². The first-order valence-electron chi connectivity index (χ1n) is 7.37. The van der Waals surface area contributed by atoms with Crippen LogP contribution in [-0.2, 0) is 5.41 Å². The van der Waals surface area contributed by atoms with Gasteiger partial charge < -0.3 is 4.57 Å². The summed E-state index contributed by atoms with van der Waals surface area (Å²) in [5, 5.41) is 11.2. The highest BCUT2D eigenvalue weighted by atomic mass is 32.1. The molecule has 0 aliphatic heterocycles. The maximum Gasteiger partial charge on any atom is 0.143 e. The van der Waals surface area contributed by atoms with Gasteiger partial charge in [0.05, 0.1) is 0 Å². The maximum atomic E-state index is 6.15. The molecule has 0 unspecified atom stereocenters. The average molecular weight is 283 g/mol. The van der Waals surface area contributed by atoms with Crippen LogP contribution in [-0.4, -0.2) is 22.6 Å². The second kappa shape index (κ2) is 4.20. The fourth-order valence-corrected chi connectivity index (χ4v) is 3.80. The van der Waals surface area contributed by atoms with E-state index in [4.69, 9.17) is 7.85 Å². The molecule has 0 atom stereocenters. The molecule has 2 aromatic heterocycles. The quantitative estimate of drug-likeness (QED) is 0.808. The van der Waals surface area contributed by atoms with E-state index in [1.165, 1.54) is 37.1 Å². The highest BCUT2D eigenvalue weighted by Gasteiger charge is 2.40. The molecule has 2 heterocycles. The molecule has 0 N–H and O–H groups in total. The largest absolute Gasteiger partial charge is 0.311 e. The monoisotopic (exact) mass is 283 g/mol. The summed E-state index contributed by atoms with van der Waals surface area (Å²) in [6.45, 7) is 4.43. The second-order valence-electron chi connectivity index (χ2n) is 6.58. The first-order valence-corrected chi connectivity index (χ1v) is 8.25. The normalized spacial score (nSPS) is 19.5. The van der Waals surface area contributed by atoms with Crippen molar-refractivity contribution in [3.8, 4) is 0 Å². The zero-order chi connectivity index (χ0) is 13.9. The molecule has 5 heteroatoms. The van der Waals surface area contributed by atoms with Gasteiger partial charge in [-0.15, -0.1) is 10.2 Å². The molecule has 0 saturated heterocycles. The topological polar surface area (TPSA) is 30.7 Å². The van der Waals surface area contributed by atoms with Gasteiger partial charge in [0.15, 0.2) is 0 Å². The summed E-state index contributed by atoms with van der Waals surface area (Å²) in [6.07, 6.45) is 5.07. The Bertz CT molecular complexity index is 650. The number of aromatic nitrogens is 3. The predicted molar refractivity (Wildman–Crippen MR) is 82.1 cm³/mol. The lowest BCUT2D eigenvalue weighted by Gasteiger charge is -2.25. The van der Waals surface area contributed by atoms with Crippen LogP contribution < -0.4 is 4.78 Å². The number of rotatable bonds is 4. The van der Waals surface area contributed by atoms with Crippen LogP contribution in [0, 0.1) is 0 Å². The van der Waals surface area contributed by atoms with Gasteiger partial charge in [0.25, 0.3) is 0 Å². The van der Waals surface area contributed by atoms with E-state index < -0.39 is 0 Å². The third kappa shape index (κ3) is 1.86. The average Bonchev–Trinajstić information content (AvgIpc) is 3.34. The fraction of sp³-hybridized carbons (Fsp3) is 0.600.